The highest BCUT2D eigenvalue weighted by Gasteiger charge is 2.17. The second-order valence-corrected chi connectivity index (χ2v) is 5.52. The lowest BCUT2D eigenvalue weighted by Gasteiger charge is -2.05. The van der Waals surface area contributed by atoms with Gasteiger partial charge in [0.2, 0.25) is 5.82 Å². The smallest absolute Gasteiger partial charge is 0.295 e. The first kappa shape index (κ1) is 15.4. The van der Waals surface area contributed by atoms with Gasteiger partial charge in [-0.2, -0.15) is 5.10 Å². The number of halogens is 1. The van der Waals surface area contributed by atoms with Crippen LogP contribution in [0.1, 0.15) is 28.9 Å². The lowest BCUT2D eigenvalue weighted by atomic mass is 10.3. The van der Waals surface area contributed by atoms with Gasteiger partial charge in [-0.1, -0.05) is 11.6 Å². The van der Waals surface area contributed by atoms with Crippen LogP contribution in [0.4, 0.5) is 5.69 Å². The van der Waals surface area contributed by atoms with Crippen molar-refractivity contribution in [2.45, 2.75) is 27.3 Å². The molecule has 0 saturated carbocycles. The Morgan fingerprint density at radius 3 is 2.74 bits per heavy atom. The monoisotopic (exact) mass is 330 g/mol. The predicted octanol–water partition coefficient (Wildman–Crippen LogP) is 2.76. The summed E-state index contributed by atoms with van der Waals surface area (Å²) in [5.74, 6) is -0.441. The van der Waals surface area contributed by atoms with E-state index < -0.39 is 5.91 Å². The van der Waals surface area contributed by atoms with E-state index in [0.29, 0.717) is 21.7 Å². The number of carbonyl (C=O) groups excluding carboxylic acids is 1. The number of rotatable bonds is 3. The highest BCUT2D eigenvalue weighted by Crippen LogP contribution is 2.20. The molecule has 0 aliphatic carbocycles. The number of carbonyl (C=O) groups is 1. The minimum atomic E-state index is -0.429. The average molecular weight is 331 g/mol. The molecule has 2 heterocycles. The van der Waals surface area contributed by atoms with Crippen molar-refractivity contribution >= 4 is 34.2 Å². The summed E-state index contributed by atoms with van der Waals surface area (Å²) >= 11 is 5.94. The van der Waals surface area contributed by atoms with E-state index in [1.165, 1.54) is 0 Å². The molecule has 118 valence electrons. The Balaban J connectivity index is 1.93. The molecule has 7 nitrogen and oxygen atoms in total. The summed E-state index contributed by atoms with van der Waals surface area (Å²) in [6, 6.07) is 5.05. The Hall–Kier alpha value is -2.54. The second-order valence-electron chi connectivity index (χ2n) is 5.08. The fourth-order valence-electron chi connectivity index (χ4n) is 2.36. The highest BCUT2D eigenvalue weighted by molar-refractivity contribution is 6.31. The number of amides is 1. The maximum Gasteiger partial charge on any atom is 0.295 e. The molecule has 8 heteroatoms. The summed E-state index contributed by atoms with van der Waals surface area (Å²) in [4.78, 5) is 16.6. The van der Waals surface area contributed by atoms with Crippen LogP contribution in [0.2, 0.25) is 5.02 Å². The first-order chi connectivity index (χ1) is 11.0. The lowest BCUT2D eigenvalue weighted by Crippen LogP contribution is -2.17. The van der Waals surface area contributed by atoms with Gasteiger partial charge >= 0.3 is 0 Å². The fourth-order valence-corrected chi connectivity index (χ4v) is 2.53. The number of fused-ring (bicyclic) bond motifs is 1. The number of anilines is 1. The molecule has 2 aromatic heterocycles. The molecular weight excluding hydrogens is 316 g/mol. The van der Waals surface area contributed by atoms with Crippen molar-refractivity contribution in [2.75, 3.05) is 5.32 Å². The number of aryl methyl sites for hydroxylation is 2. The molecule has 1 N–H and O–H groups in total. The molecule has 0 atom stereocenters. The third kappa shape index (κ3) is 2.87. The highest BCUT2D eigenvalue weighted by atomic mass is 35.5. The largest absolute Gasteiger partial charge is 0.316 e. The van der Waals surface area contributed by atoms with Crippen LogP contribution in [0.3, 0.4) is 0 Å². The zero-order valence-corrected chi connectivity index (χ0v) is 13.7. The SMILES string of the molecule is CCn1nc(C)c(NC(=O)c2nnc3ccc(Cl)cc3n2)c1C. The van der Waals surface area contributed by atoms with Crippen LogP contribution in [-0.2, 0) is 6.54 Å². The number of hydrogen-bond donors (Lipinski definition) is 1. The quantitative estimate of drug-likeness (QED) is 0.798. The van der Waals surface area contributed by atoms with E-state index in [0.717, 1.165) is 17.9 Å². The maximum absolute atomic E-state index is 12.4. The Morgan fingerprint density at radius 1 is 1.26 bits per heavy atom. The third-order valence-electron chi connectivity index (χ3n) is 3.54. The summed E-state index contributed by atoms with van der Waals surface area (Å²) < 4.78 is 1.82. The van der Waals surface area contributed by atoms with Crippen LogP contribution in [-0.4, -0.2) is 30.9 Å². The zero-order valence-electron chi connectivity index (χ0n) is 13.0. The van der Waals surface area contributed by atoms with Crippen LogP contribution in [0.25, 0.3) is 11.0 Å². The predicted molar refractivity (Wildman–Crippen MR) is 87.7 cm³/mol. The van der Waals surface area contributed by atoms with Crippen molar-refractivity contribution in [2.24, 2.45) is 0 Å². The molecule has 0 saturated heterocycles. The standard InChI is InChI=1S/C15H15ClN6O/c1-4-22-9(3)13(8(2)21-22)18-15(23)14-17-12-7-10(16)5-6-11(12)19-20-14/h5-7H,4H2,1-3H3,(H,18,23). The van der Waals surface area contributed by atoms with Crippen molar-refractivity contribution < 1.29 is 4.79 Å². The molecule has 0 fully saturated rings. The molecule has 0 spiro atoms. The molecular formula is C15H15ClN6O. The Bertz CT molecular complexity index is 904. The lowest BCUT2D eigenvalue weighted by molar-refractivity contribution is 0.101. The van der Waals surface area contributed by atoms with Crippen LogP contribution in [0.15, 0.2) is 18.2 Å². The number of hydrogen-bond acceptors (Lipinski definition) is 5. The number of nitrogens with zero attached hydrogens (tertiary/aromatic N) is 5. The average Bonchev–Trinajstić information content (AvgIpc) is 2.81. The Labute approximate surface area is 137 Å². The van der Waals surface area contributed by atoms with E-state index >= 15 is 0 Å². The van der Waals surface area contributed by atoms with Crippen LogP contribution >= 0.6 is 11.6 Å². The van der Waals surface area contributed by atoms with Gasteiger partial charge in [0.15, 0.2) is 0 Å². The van der Waals surface area contributed by atoms with Gasteiger partial charge in [0, 0.05) is 11.6 Å². The normalized spacial score (nSPS) is 11.0. The van der Waals surface area contributed by atoms with Crippen molar-refractivity contribution in [3.05, 3.63) is 40.4 Å². The summed E-state index contributed by atoms with van der Waals surface area (Å²) in [5, 5.41) is 15.6. The molecule has 0 aliphatic rings. The number of aromatic nitrogens is 5. The molecule has 0 aliphatic heterocycles. The number of nitrogens with one attached hydrogen (secondary N) is 1. The van der Waals surface area contributed by atoms with Gasteiger partial charge in [0.1, 0.15) is 5.52 Å². The summed E-state index contributed by atoms with van der Waals surface area (Å²) in [6.45, 7) is 6.46. The van der Waals surface area contributed by atoms with Gasteiger partial charge in [-0.3, -0.25) is 9.48 Å². The van der Waals surface area contributed by atoms with E-state index in [1.54, 1.807) is 18.2 Å². The van der Waals surface area contributed by atoms with E-state index in [1.807, 2.05) is 25.5 Å². The van der Waals surface area contributed by atoms with Gasteiger partial charge in [0.25, 0.3) is 5.91 Å². The van der Waals surface area contributed by atoms with Crippen LogP contribution in [0, 0.1) is 13.8 Å². The van der Waals surface area contributed by atoms with Gasteiger partial charge in [0.05, 0.1) is 22.6 Å². The molecule has 1 amide bonds. The minimum absolute atomic E-state index is 0.0113. The molecule has 3 rings (SSSR count). The van der Waals surface area contributed by atoms with Gasteiger partial charge in [-0.15, -0.1) is 10.2 Å². The van der Waals surface area contributed by atoms with E-state index in [9.17, 15) is 4.79 Å². The van der Waals surface area contributed by atoms with E-state index in [-0.39, 0.29) is 5.82 Å². The Morgan fingerprint density at radius 2 is 2.04 bits per heavy atom. The van der Waals surface area contributed by atoms with Crippen molar-refractivity contribution in [1.29, 1.82) is 0 Å². The van der Waals surface area contributed by atoms with Gasteiger partial charge < -0.3 is 5.32 Å². The third-order valence-corrected chi connectivity index (χ3v) is 3.77. The molecule has 23 heavy (non-hydrogen) atoms. The summed E-state index contributed by atoms with van der Waals surface area (Å²) in [7, 11) is 0. The van der Waals surface area contributed by atoms with Crippen LogP contribution < -0.4 is 5.32 Å². The molecule has 1 aromatic carbocycles. The van der Waals surface area contributed by atoms with Gasteiger partial charge in [-0.05, 0) is 39.0 Å². The van der Waals surface area contributed by atoms with E-state index in [4.69, 9.17) is 11.6 Å². The molecule has 0 radical (unpaired) electrons. The maximum atomic E-state index is 12.4. The number of benzene rings is 1. The van der Waals surface area contributed by atoms with Gasteiger partial charge in [-0.25, -0.2) is 4.98 Å². The van der Waals surface area contributed by atoms with Crippen LogP contribution in [0.5, 0.6) is 0 Å². The van der Waals surface area contributed by atoms with Crippen molar-refractivity contribution in [3.8, 4) is 0 Å². The van der Waals surface area contributed by atoms with Crippen molar-refractivity contribution in [1.82, 2.24) is 25.0 Å². The first-order valence-electron chi connectivity index (χ1n) is 7.15. The summed E-state index contributed by atoms with van der Waals surface area (Å²) in [6.07, 6.45) is 0. The molecule has 0 unspecified atom stereocenters. The topological polar surface area (TPSA) is 85.6 Å². The summed E-state index contributed by atoms with van der Waals surface area (Å²) in [5.41, 5.74) is 3.41. The first-order valence-corrected chi connectivity index (χ1v) is 7.52. The minimum Gasteiger partial charge on any atom is -0.316 e. The fraction of sp³-hybridized carbons (Fsp3) is 0.267. The zero-order chi connectivity index (χ0) is 16.6. The Kier molecular flexibility index (Phi) is 3.96. The van der Waals surface area contributed by atoms with E-state index in [2.05, 4.69) is 25.6 Å². The van der Waals surface area contributed by atoms with Crippen molar-refractivity contribution in [3.63, 3.8) is 0 Å². The molecule has 3 aromatic rings. The molecule has 0 bridgehead atoms. The second kappa shape index (κ2) is 5.92.